The molecule has 0 bridgehead atoms. The summed E-state index contributed by atoms with van der Waals surface area (Å²) in [5, 5.41) is 2.98. The minimum atomic E-state index is 0.0188. The molecule has 3 aromatic rings. The number of nitrogens with zero attached hydrogens (tertiary/aromatic N) is 4. The van der Waals surface area contributed by atoms with Crippen molar-refractivity contribution in [2.75, 3.05) is 38.0 Å². The fraction of sp³-hybridized carbons (Fsp3) is 0.409. The summed E-state index contributed by atoms with van der Waals surface area (Å²) >= 11 is 1.19. The molecule has 0 saturated carbocycles. The number of nitrogens with one attached hydrogen (secondary N) is 1. The SMILES string of the molecule is CC(C)c1ccc(CN2CCN(CC(=O)Nc3ccc4nsnc4c3)CC2)cc1. The van der Waals surface area contributed by atoms with Gasteiger partial charge < -0.3 is 5.32 Å². The van der Waals surface area contributed by atoms with Crippen LogP contribution in [0.2, 0.25) is 0 Å². The summed E-state index contributed by atoms with van der Waals surface area (Å²) in [5.74, 6) is 0.587. The molecule has 6 nitrogen and oxygen atoms in total. The molecule has 152 valence electrons. The van der Waals surface area contributed by atoms with Gasteiger partial charge in [0.2, 0.25) is 5.91 Å². The van der Waals surface area contributed by atoms with E-state index in [-0.39, 0.29) is 5.91 Å². The van der Waals surface area contributed by atoms with Crippen LogP contribution in [0.5, 0.6) is 0 Å². The molecule has 0 atom stereocenters. The molecule has 2 aromatic carbocycles. The first kappa shape index (κ1) is 19.9. The second-order valence-electron chi connectivity index (χ2n) is 7.96. The van der Waals surface area contributed by atoms with E-state index >= 15 is 0 Å². The lowest BCUT2D eigenvalue weighted by Gasteiger charge is -2.34. The molecule has 0 aliphatic carbocycles. The zero-order valence-corrected chi connectivity index (χ0v) is 17.8. The first-order chi connectivity index (χ1) is 14.1. The summed E-state index contributed by atoms with van der Waals surface area (Å²) in [4.78, 5) is 17.1. The van der Waals surface area contributed by atoms with E-state index in [4.69, 9.17) is 0 Å². The predicted molar refractivity (Wildman–Crippen MR) is 118 cm³/mol. The molecule has 1 aliphatic rings. The Bertz CT molecular complexity index is 961. The van der Waals surface area contributed by atoms with Crippen LogP contribution in [0.4, 0.5) is 5.69 Å². The van der Waals surface area contributed by atoms with Gasteiger partial charge in [0.1, 0.15) is 11.0 Å². The number of anilines is 1. The summed E-state index contributed by atoms with van der Waals surface area (Å²) < 4.78 is 8.41. The van der Waals surface area contributed by atoms with E-state index in [2.05, 4.69) is 62.0 Å². The number of carbonyl (C=O) groups is 1. The molecule has 4 rings (SSSR count). The number of piperazine rings is 1. The normalized spacial score (nSPS) is 15.8. The second-order valence-corrected chi connectivity index (χ2v) is 8.49. The fourth-order valence-electron chi connectivity index (χ4n) is 3.64. The fourth-order valence-corrected chi connectivity index (χ4v) is 4.15. The average molecular weight is 410 g/mol. The van der Waals surface area contributed by atoms with Crippen molar-refractivity contribution in [2.45, 2.75) is 26.3 Å². The summed E-state index contributed by atoms with van der Waals surface area (Å²) in [7, 11) is 0. The average Bonchev–Trinajstić information content (AvgIpc) is 3.18. The van der Waals surface area contributed by atoms with Gasteiger partial charge in [0.15, 0.2) is 0 Å². The Morgan fingerprint density at radius 3 is 2.41 bits per heavy atom. The molecule has 2 heterocycles. The largest absolute Gasteiger partial charge is 0.325 e. The monoisotopic (exact) mass is 409 g/mol. The zero-order valence-electron chi connectivity index (χ0n) is 17.0. The number of carbonyl (C=O) groups excluding carboxylic acids is 1. The third-order valence-corrected chi connectivity index (χ3v) is 5.98. The van der Waals surface area contributed by atoms with E-state index in [9.17, 15) is 4.79 Å². The second kappa shape index (κ2) is 8.98. The predicted octanol–water partition coefficient (Wildman–Crippen LogP) is 3.57. The van der Waals surface area contributed by atoms with Crippen LogP contribution in [0.15, 0.2) is 42.5 Å². The Morgan fingerprint density at radius 2 is 1.69 bits per heavy atom. The first-order valence-corrected chi connectivity index (χ1v) is 10.9. The van der Waals surface area contributed by atoms with E-state index in [0.29, 0.717) is 12.5 Å². The van der Waals surface area contributed by atoms with Crippen LogP contribution < -0.4 is 5.32 Å². The Morgan fingerprint density at radius 1 is 1.00 bits per heavy atom. The van der Waals surface area contributed by atoms with Gasteiger partial charge in [-0.2, -0.15) is 8.75 Å². The van der Waals surface area contributed by atoms with Crippen LogP contribution in [0.1, 0.15) is 30.9 Å². The lowest BCUT2D eigenvalue weighted by molar-refractivity contribution is -0.117. The molecule has 1 saturated heterocycles. The standard InChI is InChI=1S/C22H27N5OS/c1-16(2)18-5-3-17(4-6-18)14-26-9-11-27(12-10-26)15-22(28)23-19-7-8-20-21(13-19)25-29-24-20/h3-8,13,16H,9-12,14-15H2,1-2H3,(H,23,28). The zero-order chi connectivity index (χ0) is 20.2. The van der Waals surface area contributed by atoms with Crippen molar-refractivity contribution in [1.82, 2.24) is 18.5 Å². The van der Waals surface area contributed by atoms with E-state index in [1.54, 1.807) is 0 Å². The molecular formula is C22H27N5OS. The van der Waals surface area contributed by atoms with Gasteiger partial charge in [-0.25, -0.2) is 0 Å². The van der Waals surface area contributed by atoms with E-state index < -0.39 is 0 Å². The lowest BCUT2D eigenvalue weighted by atomic mass is 10.0. The highest BCUT2D eigenvalue weighted by atomic mass is 32.1. The summed E-state index contributed by atoms with van der Waals surface area (Å²) in [6.07, 6.45) is 0. The van der Waals surface area contributed by atoms with Crippen molar-refractivity contribution in [3.05, 3.63) is 53.6 Å². The van der Waals surface area contributed by atoms with Gasteiger partial charge in [-0.15, -0.1) is 0 Å². The van der Waals surface area contributed by atoms with Crippen LogP contribution in [0, 0.1) is 0 Å². The molecule has 29 heavy (non-hydrogen) atoms. The molecular weight excluding hydrogens is 382 g/mol. The van der Waals surface area contributed by atoms with Gasteiger partial charge >= 0.3 is 0 Å². The van der Waals surface area contributed by atoms with Crippen molar-refractivity contribution in [3.8, 4) is 0 Å². The minimum Gasteiger partial charge on any atom is -0.325 e. The van der Waals surface area contributed by atoms with Crippen LogP contribution in [0.3, 0.4) is 0 Å². The van der Waals surface area contributed by atoms with E-state index in [1.807, 2.05) is 18.2 Å². The van der Waals surface area contributed by atoms with Crippen LogP contribution in [-0.2, 0) is 11.3 Å². The van der Waals surface area contributed by atoms with E-state index in [0.717, 1.165) is 49.4 Å². The van der Waals surface area contributed by atoms with E-state index in [1.165, 1.54) is 22.9 Å². The molecule has 1 fully saturated rings. The van der Waals surface area contributed by atoms with Crippen molar-refractivity contribution in [1.29, 1.82) is 0 Å². The number of rotatable bonds is 6. The Labute approximate surface area is 175 Å². The highest BCUT2D eigenvalue weighted by molar-refractivity contribution is 7.00. The van der Waals surface area contributed by atoms with Crippen LogP contribution in [-0.4, -0.2) is 57.2 Å². The number of fused-ring (bicyclic) bond motifs is 1. The quantitative estimate of drug-likeness (QED) is 0.674. The van der Waals surface area contributed by atoms with Gasteiger partial charge in [0.05, 0.1) is 18.3 Å². The summed E-state index contributed by atoms with van der Waals surface area (Å²) in [6, 6.07) is 14.6. The third kappa shape index (κ3) is 5.18. The van der Waals surface area contributed by atoms with Gasteiger partial charge in [-0.3, -0.25) is 14.6 Å². The maximum Gasteiger partial charge on any atom is 0.238 e. The number of hydrogen-bond acceptors (Lipinski definition) is 6. The maximum absolute atomic E-state index is 12.4. The molecule has 1 amide bonds. The highest BCUT2D eigenvalue weighted by Crippen LogP contribution is 2.18. The molecule has 0 unspecified atom stereocenters. The number of aromatic nitrogens is 2. The first-order valence-electron chi connectivity index (χ1n) is 10.1. The summed E-state index contributed by atoms with van der Waals surface area (Å²) in [6.45, 7) is 9.62. The molecule has 0 radical (unpaired) electrons. The Hall–Kier alpha value is -2.35. The van der Waals surface area contributed by atoms with Gasteiger partial charge in [0, 0.05) is 38.4 Å². The molecule has 1 aliphatic heterocycles. The number of hydrogen-bond donors (Lipinski definition) is 1. The minimum absolute atomic E-state index is 0.0188. The third-order valence-electron chi connectivity index (χ3n) is 5.42. The number of benzene rings is 2. The molecule has 0 spiro atoms. The lowest BCUT2D eigenvalue weighted by Crippen LogP contribution is -2.48. The smallest absolute Gasteiger partial charge is 0.238 e. The van der Waals surface area contributed by atoms with Gasteiger partial charge in [-0.05, 0) is 35.2 Å². The van der Waals surface area contributed by atoms with Crippen LogP contribution in [0.25, 0.3) is 11.0 Å². The topological polar surface area (TPSA) is 61.4 Å². The van der Waals surface area contributed by atoms with Crippen molar-refractivity contribution < 1.29 is 4.79 Å². The Balaban J connectivity index is 1.23. The molecule has 1 aromatic heterocycles. The highest BCUT2D eigenvalue weighted by Gasteiger charge is 2.19. The van der Waals surface area contributed by atoms with Crippen LogP contribution >= 0.6 is 11.7 Å². The van der Waals surface area contributed by atoms with Crippen molar-refractivity contribution >= 4 is 34.4 Å². The van der Waals surface area contributed by atoms with Crippen molar-refractivity contribution in [3.63, 3.8) is 0 Å². The number of amides is 1. The van der Waals surface area contributed by atoms with Crippen molar-refractivity contribution in [2.24, 2.45) is 0 Å². The maximum atomic E-state index is 12.4. The summed E-state index contributed by atoms with van der Waals surface area (Å²) in [5.41, 5.74) is 5.20. The molecule has 7 heteroatoms. The van der Waals surface area contributed by atoms with Gasteiger partial charge in [-0.1, -0.05) is 38.1 Å². The molecule has 1 N–H and O–H groups in total. The Kier molecular flexibility index (Phi) is 6.18. The van der Waals surface area contributed by atoms with Gasteiger partial charge in [0.25, 0.3) is 0 Å².